The van der Waals surface area contributed by atoms with Crippen LogP contribution in [0.5, 0.6) is 0 Å². The van der Waals surface area contributed by atoms with Gasteiger partial charge in [0.25, 0.3) is 5.91 Å². The summed E-state index contributed by atoms with van der Waals surface area (Å²) in [7, 11) is 1.62. The highest BCUT2D eigenvalue weighted by atomic mass is 16.4. The zero-order chi connectivity index (χ0) is 33.6. The van der Waals surface area contributed by atoms with Gasteiger partial charge in [0, 0.05) is 13.6 Å². The van der Waals surface area contributed by atoms with E-state index in [0.717, 1.165) is 18.4 Å². The quantitative estimate of drug-likeness (QED) is 0.330. The maximum absolute atomic E-state index is 13.8. The van der Waals surface area contributed by atoms with Crippen molar-refractivity contribution >= 4 is 35.8 Å². The molecule has 1 saturated heterocycles. The first-order valence-corrected chi connectivity index (χ1v) is 16.1. The number of carbonyl (C=O) groups is 4. The molecule has 1 aromatic rings. The number of amides is 3. The molecule has 0 spiro atoms. The molecule has 9 nitrogen and oxygen atoms in total. The van der Waals surface area contributed by atoms with E-state index in [1.54, 1.807) is 14.0 Å². The number of aliphatic carboxylic acids is 1. The minimum atomic E-state index is -1.02. The van der Waals surface area contributed by atoms with Crippen LogP contribution in [0, 0.1) is 17.3 Å². The van der Waals surface area contributed by atoms with Crippen LogP contribution in [0.15, 0.2) is 41.5 Å². The third-order valence-electron chi connectivity index (χ3n) is 8.85. The number of nitrogens with zero attached hydrogens (tertiary/aromatic N) is 2. The van der Waals surface area contributed by atoms with Crippen molar-refractivity contribution in [2.75, 3.05) is 13.6 Å². The SMILES string of the molecule is CC1=C(C(C)C)C=Cc2ccc(C=CC(C)(C)C(=O)N(C)C(C(=O)NC(C)C(=O)N3CCCC(C(=O)O)N3)C(C)C)cc2CC1. The number of hydrogen-bond acceptors (Lipinski definition) is 5. The van der Waals surface area contributed by atoms with Gasteiger partial charge in [0.1, 0.15) is 18.1 Å². The predicted molar refractivity (Wildman–Crippen MR) is 179 cm³/mol. The monoisotopic (exact) mass is 620 g/mol. The summed E-state index contributed by atoms with van der Waals surface area (Å²) in [6.45, 7) is 16.0. The Morgan fingerprint density at radius 2 is 1.78 bits per heavy atom. The summed E-state index contributed by atoms with van der Waals surface area (Å²) >= 11 is 0. The Morgan fingerprint density at radius 3 is 2.40 bits per heavy atom. The Labute approximate surface area is 268 Å². The van der Waals surface area contributed by atoms with Crippen molar-refractivity contribution in [2.45, 2.75) is 99.2 Å². The van der Waals surface area contributed by atoms with Crippen LogP contribution < -0.4 is 10.7 Å². The minimum Gasteiger partial charge on any atom is -0.480 e. The Bertz CT molecular complexity index is 1370. The number of likely N-dealkylation sites (N-methyl/N-ethyl adjacent to an activating group) is 1. The molecular formula is C36H52N4O5. The van der Waals surface area contributed by atoms with Crippen molar-refractivity contribution < 1.29 is 24.3 Å². The number of carbonyl (C=O) groups excluding carboxylic acids is 3. The molecule has 0 bridgehead atoms. The zero-order valence-corrected chi connectivity index (χ0v) is 28.4. The molecule has 0 saturated carbocycles. The van der Waals surface area contributed by atoms with Gasteiger partial charge >= 0.3 is 5.97 Å². The molecule has 1 aromatic carbocycles. The lowest BCUT2D eigenvalue weighted by Gasteiger charge is -2.36. The van der Waals surface area contributed by atoms with E-state index in [9.17, 15) is 24.3 Å². The number of rotatable bonds is 10. The van der Waals surface area contributed by atoms with Gasteiger partial charge in [0.15, 0.2) is 0 Å². The zero-order valence-electron chi connectivity index (χ0n) is 28.4. The number of carboxylic acids is 1. The van der Waals surface area contributed by atoms with Crippen LogP contribution in [0.4, 0.5) is 0 Å². The minimum absolute atomic E-state index is 0.218. The Morgan fingerprint density at radius 1 is 1.09 bits per heavy atom. The first-order chi connectivity index (χ1) is 21.0. The van der Waals surface area contributed by atoms with Crippen LogP contribution in [-0.2, 0) is 25.6 Å². The maximum Gasteiger partial charge on any atom is 0.322 e. The molecule has 9 heteroatoms. The largest absolute Gasteiger partial charge is 0.480 e. The van der Waals surface area contributed by atoms with Crippen molar-refractivity contribution in [3.8, 4) is 0 Å². The van der Waals surface area contributed by atoms with Gasteiger partial charge in [-0.25, -0.2) is 5.43 Å². The van der Waals surface area contributed by atoms with E-state index in [4.69, 9.17) is 0 Å². The van der Waals surface area contributed by atoms with E-state index in [-0.39, 0.29) is 11.8 Å². The number of hydrazine groups is 1. The van der Waals surface area contributed by atoms with Gasteiger partial charge < -0.3 is 15.3 Å². The highest BCUT2D eigenvalue weighted by Crippen LogP contribution is 2.29. The Balaban J connectivity index is 1.70. The summed E-state index contributed by atoms with van der Waals surface area (Å²) < 4.78 is 0. The van der Waals surface area contributed by atoms with Crippen molar-refractivity contribution in [3.05, 3.63) is 58.2 Å². The van der Waals surface area contributed by atoms with Crippen molar-refractivity contribution in [1.29, 1.82) is 0 Å². The number of fused-ring (bicyclic) bond motifs is 1. The van der Waals surface area contributed by atoms with Crippen LogP contribution in [0.1, 0.15) is 91.3 Å². The van der Waals surface area contributed by atoms with E-state index in [1.165, 1.54) is 32.2 Å². The molecule has 3 rings (SSSR count). The standard InChI is InChI=1S/C36H52N4O5/c1-22(2)29-17-16-27-15-13-26(21-28(27)14-12-24(29)5)18-19-36(7,8)35(45)39(9)31(23(3)4)32(41)37-25(6)33(42)40-20-10-11-30(38-40)34(43)44/h13,15-19,21-23,25,30-31,38H,10-12,14,20H2,1-9H3,(H,37,41)(H,43,44). The Hall–Kier alpha value is -3.72. The van der Waals surface area contributed by atoms with Gasteiger partial charge in [-0.1, -0.05) is 75.8 Å². The summed E-state index contributed by atoms with van der Waals surface area (Å²) in [5, 5.41) is 13.3. The fourth-order valence-corrected chi connectivity index (χ4v) is 6.18. The first-order valence-electron chi connectivity index (χ1n) is 16.1. The highest BCUT2D eigenvalue weighted by molar-refractivity contribution is 5.94. The normalized spacial score (nSPS) is 18.8. The summed E-state index contributed by atoms with van der Waals surface area (Å²) in [6, 6.07) is 3.83. The molecule has 0 radical (unpaired) electrons. The van der Waals surface area contributed by atoms with E-state index in [2.05, 4.69) is 61.9 Å². The fraction of sp³-hybridized carbons (Fsp3) is 0.556. The lowest BCUT2D eigenvalue weighted by Crippen LogP contribution is -2.61. The number of aryl methyl sites for hydroxylation is 1. The molecule has 1 heterocycles. The molecule has 1 aliphatic carbocycles. The summed E-state index contributed by atoms with van der Waals surface area (Å²) in [5.41, 5.74) is 8.15. The van der Waals surface area contributed by atoms with Crippen LogP contribution in [0.2, 0.25) is 0 Å². The lowest BCUT2D eigenvalue weighted by molar-refractivity contribution is -0.149. The van der Waals surface area contributed by atoms with Crippen molar-refractivity contribution in [1.82, 2.24) is 20.7 Å². The molecule has 246 valence electrons. The number of benzene rings is 1. The second-order valence-electron chi connectivity index (χ2n) is 13.7. The third-order valence-corrected chi connectivity index (χ3v) is 8.85. The molecule has 3 unspecified atom stereocenters. The molecular weight excluding hydrogens is 568 g/mol. The molecule has 3 atom stereocenters. The molecule has 3 amide bonds. The molecule has 2 aliphatic rings. The van der Waals surface area contributed by atoms with Gasteiger partial charge in [-0.2, -0.15) is 0 Å². The van der Waals surface area contributed by atoms with Gasteiger partial charge in [-0.15, -0.1) is 0 Å². The van der Waals surface area contributed by atoms with E-state index in [0.29, 0.717) is 25.3 Å². The fourth-order valence-electron chi connectivity index (χ4n) is 6.18. The van der Waals surface area contributed by atoms with E-state index < -0.39 is 41.3 Å². The molecule has 0 aromatic heterocycles. The molecule has 1 aliphatic heterocycles. The summed E-state index contributed by atoms with van der Waals surface area (Å²) in [4.78, 5) is 53.1. The van der Waals surface area contributed by atoms with Crippen LogP contribution in [-0.4, -0.2) is 70.4 Å². The summed E-state index contributed by atoms with van der Waals surface area (Å²) in [5.74, 6) is -1.84. The van der Waals surface area contributed by atoms with Crippen LogP contribution in [0.3, 0.4) is 0 Å². The van der Waals surface area contributed by atoms with Gasteiger partial charge in [-0.3, -0.25) is 24.2 Å². The smallest absolute Gasteiger partial charge is 0.322 e. The topological polar surface area (TPSA) is 119 Å². The molecule has 3 N–H and O–H groups in total. The first kappa shape index (κ1) is 35.8. The second-order valence-corrected chi connectivity index (χ2v) is 13.7. The molecule has 1 fully saturated rings. The van der Waals surface area contributed by atoms with Gasteiger partial charge in [0.2, 0.25) is 11.8 Å². The number of nitrogens with one attached hydrogen (secondary N) is 2. The van der Waals surface area contributed by atoms with Crippen LogP contribution >= 0.6 is 0 Å². The average molecular weight is 621 g/mol. The second kappa shape index (κ2) is 15.0. The van der Waals surface area contributed by atoms with Crippen molar-refractivity contribution in [2.24, 2.45) is 17.3 Å². The van der Waals surface area contributed by atoms with E-state index in [1.807, 2.05) is 39.8 Å². The average Bonchev–Trinajstić information content (AvgIpc) is 2.97. The van der Waals surface area contributed by atoms with Gasteiger partial charge in [0.05, 0.1) is 5.41 Å². The lowest BCUT2D eigenvalue weighted by atomic mass is 9.87. The van der Waals surface area contributed by atoms with Gasteiger partial charge in [-0.05, 0) is 87.5 Å². The number of allylic oxidation sites excluding steroid dienone is 3. The summed E-state index contributed by atoms with van der Waals surface area (Å²) in [6.07, 6.45) is 11.2. The van der Waals surface area contributed by atoms with Crippen LogP contribution in [0.25, 0.3) is 12.2 Å². The number of carboxylic acid groups (broad SMARTS) is 1. The maximum atomic E-state index is 13.8. The number of hydrogen-bond donors (Lipinski definition) is 3. The predicted octanol–water partition coefficient (Wildman–Crippen LogP) is 5.23. The Kier molecular flexibility index (Phi) is 12.0. The highest BCUT2D eigenvalue weighted by Gasteiger charge is 2.38. The van der Waals surface area contributed by atoms with Crippen molar-refractivity contribution in [3.63, 3.8) is 0 Å². The van der Waals surface area contributed by atoms with E-state index >= 15 is 0 Å². The third kappa shape index (κ3) is 8.93. The molecule has 45 heavy (non-hydrogen) atoms.